The van der Waals surface area contributed by atoms with E-state index in [1.54, 1.807) is 0 Å². The van der Waals surface area contributed by atoms with Crippen molar-refractivity contribution in [1.82, 2.24) is 10.2 Å². The maximum absolute atomic E-state index is 3.77. The van der Waals surface area contributed by atoms with Crippen molar-refractivity contribution in [3.63, 3.8) is 0 Å². The second-order valence-electron chi connectivity index (χ2n) is 7.57. The van der Waals surface area contributed by atoms with Crippen LogP contribution in [0.3, 0.4) is 0 Å². The van der Waals surface area contributed by atoms with Gasteiger partial charge in [0, 0.05) is 25.7 Å². The van der Waals surface area contributed by atoms with Crippen LogP contribution < -0.4 is 5.32 Å². The number of likely N-dealkylation sites (tertiary alicyclic amines) is 1. The third-order valence-electron chi connectivity index (χ3n) is 5.81. The fraction of sp³-hybridized carbons (Fsp3) is 1.00. The molecule has 20 heavy (non-hydrogen) atoms. The van der Waals surface area contributed by atoms with E-state index in [-0.39, 0.29) is 0 Å². The summed E-state index contributed by atoms with van der Waals surface area (Å²) >= 11 is 0. The minimum absolute atomic E-state index is 0.777. The molecule has 2 nitrogen and oxygen atoms in total. The minimum atomic E-state index is 0.777. The van der Waals surface area contributed by atoms with Gasteiger partial charge in [-0.15, -0.1) is 0 Å². The van der Waals surface area contributed by atoms with Crippen LogP contribution in [0.5, 0.6) is 0 Å². The Morgan fingerprint density at radius 3 is 2.35 bits per heavy atom. The van der Waals surface area contributed by atoms with Crippen molar-refractivity contribution in [1.29, 1.82) is 0 Å². The molecule has 1 saturated heterocycles. The van der Waals surface area contributed by atoms with E-state index in [1.165, 1.54) is 51.7 Å². The van der Waals surface area contributed by atoms with Crippen molar-refractivity contribution in [3.05, 3.63) is 0 Å². The van der Waals surface area contributed by atoms with E-state index in [1.807, 2.05) is 0 Å². The summed E-state index contributed by atoms with van der Waals surface area (Å²) in [6, 6.07) is 0.777. The third kappa shape index (κ3) is 4.21. The standard InChI is InChI=1S/C18H36N2/c1-5-7-16-8-9-18(19-6-2)17(10-16)13-20-11-14(3)15(4)12-20/h14-19H,5-13H2,1-4H3. The van der Waals surface area contributed by atoms with Crippen molar-refractivity contribution in [3.8, 4) is 0 Å². The van der Waals surface area contributed by atoms with E-state index in [0.29, 0.717) is 0 Å². The zero-order valence-electron chi connectivity index (χ0n) is 14.2. The summed E-state index contributed by atoms with van der Waals surface area (Å²) in [5.41, 5.74) is 0. The van der Waals surface area contributed by atoms with E-state index in [2.05, 4.69) is 37.9 Å². The van der Waals surface area contributed by atoms with Gasteiger partial charge in [-0.25, -0.2) is 0 Å². The topological polar surface area (TPSA) is 15.3 Å². The van der Waals surface area contributed by atoms with Crippen LogP contribution in [-0.4, -0.2) is 37.1 Å². The average Bonchev–Trinajstić information content (AvgIpc) is 2.72. The highest BCUT2D eigenvalue weighted by Gasteiger charge is 2.33. The highest BCUT2D eigenvalue weighted by Crippen LogP contribution is 2.34. The molecule has 118 valence electrons. The molecule has 2 heteroatoms. The van der Waals surface area contributed by atoms with Gasteiger partial charge >= 0.3 is 0 Å². The molecule has 0 aromatic heterocycles. The summed E-state index contributed by atoms with van der Waals surface area (Å²) in [4.78, 5) is 2.75. The maximum Gasteiger partial charge on any atom is 0.0108 e. The van der Waals surface area contributed by atoms with Crippen LogP contribution in [0.25, 0.3) is 0 Å². The number of hydrogen-bond acceptors (Lipinski definition) is 2. The predicted molar refractivity (Wildman–Crippen MR) is 88.0 cm³/mol. The molecule has 2 rings (SSSR count). The van der Waals surface area contributed by atoms with Gasteiger partial charge in [-0.3, -0.25) is 0 Å². The average molecular weight is 281 g/mol. The first-order valence-corrected chi connectivity index (χ1v) is 9.09. The summed E-state index contributed by atoms with van der Waals surface area (Å²) in [6.45, 7) is 14.6. The molecule has 2 aliphatic rings. The van der Waals surface area contributed by atoms with Crippen LogP contribution in [0.15, 0.2) is 0 Å². The molecule has 1 N–H and O–H groups in total. The molecule has 0 radical (unpaired) electrons. The number of nitrogens with zero attached hydrogens (tertiary/aromatic N) is 1. The van der Waals surface area contributed by atoms with Crippen LogP contribution in [0.4, 0.5) is 0 Å². The first kappa shape index (κ1) is 16.3. The number of rotatable bonds is 6. The Balaban J connectivity index is 1.89. The molecule has 1 aliphatic heterocycles. The molecule has 0 aromatic carbocycles. The summed E-state index contributed by atoms with van der Waals surface area (Å²) in [5.74, 6) is 3.67. The van der Waals surface area contributed by atoms with Gasteiger partial charge in [0.25, 0.3) is 0 Å². The van der Waals surface area contributed by atoms with Crippen molar-refractivity contribution in [2.24, 2.45) is 23.7 Å². The van der Waals surface area contributed by atoms with Crippen LogP contribution in [0.2, 0.25) is 0 Å². The van der Waals surface area contributed by atoms with E-state index >= 15 is 0 Å². The molecule has 2 fully saturated rings. The first-order chi connectivity index (χ1) is 9.63. The molecule has 1 heterocycles. The predicted octanol–water partition coefficient (Wildman–Crippen LogP) is 3.77. The zero-order valence-corrected chi connectivity index (χ0v) is 14.2. The largest absolute Gasteiger partial charge is 0.314 e. The second-order valence-corrected chi connectivity index (χ2v) is 7.57. The zero-order chi connectivity index (χ0) is 14.5. The van der Waals surface area contributed by atoms with Crippen molar-refractivity contribution >= 4 is 0 Å². The van der Waals surface area contributed by atoms with E-state index < -0.39 is 0 Å². The summed E-state index contributed by atoms with van der Waals surface area (Å²) in [6.07, 6.45) is 7.13. The lowest BCUT2D eigenvalue weighted by atomic mass is 9.76. The molecule has 0 amide bonds. The van der Waals surface area contributed by atoms with Gasteiger partial charge in [0.05, 0.1) is 0 Å². The Morgan fingerprint density at radius 2 is 1.75 bits per heavy atom. The molecule has 0 aromatic rings. The van der Waals surface area contributed by atoms with E-state index in [0.717, 1.165) is 36.3 Å². The lowest BCUT2D eigenvalue weighted by molar-refractivity contribution is 0.147. The van der Waals surface area contributed by atoms with Crippen LogP contribution >= 0.6 is 0 Å². The highest BCUT2D eigenvalue weighted by atomic mass is 15.2. The normalized spacial score (nSPS) is 39.3. The Hall–Kier alpha value is -0.0800. The van der Waals surface area contributed by atoms with Crippen LogP contribution in [0.1, 0.15) is 59.8 Å². The van der Waals surface area contributed by atoms with Gasteiger partial charge in [-0.05, 0) is 49.5 Å². The first-order valence-electron chi connectivity index (χ1n) is 9.09. The lowest BCUT2D eigenvalue weighted by Gasteiger charge is -2.38. The Labute approximate surface area is 126 Å². The van der Waals surface area contributed by atoms with Crippen molar-refractivity contribution in [2.45, 2.75) is 65.8 Å². The maximum atomic E-state index is 3.77. The molecular weight excluding hydrogens is 244 g/mol. The van der Waals surface area contributed by atoms with E-state index in [4.69, 9.17) is 0 Å². The monoisotopic (exact) mass is 280 g/mol. The lowest BCUT2D eigenvalue weighted by Crippen LogP contribution is -2.45. The summed E-state index contributed by atoms with van der Waals surface area (Å²) in [5, 5.41) is 3.77. The van der Waals surface area contributed by atoms with Gasteiger partial charge in [-0.2, -0.15) is 0 Å². The third-order valence-corrected chi connectivity index (χ3v) is 5.81. The van der Waals surface area contributed by atoms with Crippen LogP contribution in [-0.2, 0) is 0 Å². The molecule has 0 bridgehead atoms. The Bertz CT molecular complexity index is 269. The van der Waals surface area contributed by atoms with Gasteiger partial charge in [-0.1, -0.05) is 40.5 Å². The van der Waals surface area contributed by atoms with Gasteiger partial charge in [0.1, 0.15) is 0 Å². The quantitative estimate of drug-likeness (QED) is 0.797. The van der Waals surface area contributed by atoms with Gasteiger partial charge < -0.3 is 10.2 Å². The molecule has 1 aliphatic carbocycles. The van der Waals surface area contributed by atoms with Crippen molar-refractivity contribution in [2.75, 3.05) is 26.2 Å². The second kappa shape index (κ2) is 7.79. The molecule has 5 unspecified atom stereocenters. The smallest absolute Gasteiger partial charge is 0.0108 e. The molecule has 0 spiro atoms. The van der Waals surface area contributed by atoms with Gasteiger partial charge in [0.15, 0.2) is 0 Å². The number of hydrogen-bond donors (Lipinski definition) is 1. The van der Waals surface area contributed by atoms with Gasteiger partial charge in [0.2, 0.25) is 0 Å². The summed E-state index contributed by atoms with van der Waals surface area (Å²) < 4.78 is 0. The fourth-order valence-electron chi connectivity index (χ4n) is 4.49. The Morgan fingerprint density at radius 1 is 1.05 bits per heavy atom. The highest BCUT2D eigenvalue weighted by molar-refractivity contribution is 4.89. The molecular formula is C18H36N2. The fourth-order valence-corrected chi connectivity index (χ4v) is 4.49. The Kier molecular flexibility index (Phi) is 6.35. The summed E-state index contributed by atoms with van der Waals surface area (Å²) in [7, 11) is 0. The number of nitrogens with one attached hydrogen (secondary N) is 1. The minimum Gasteiger partial charge on any atom is -0.314 e. The molecule has 5 atom stereocenters. The van der Waals surface area contributed by atoms with Crippen molar-refractivity contribution < 1.29 is 0 Å². The van der Waals surface area contributed by atoms with Crippen LogP contribution in [0, 0.1) is 23.7 Å². The molecule has 1 saturated carbocycles. The SMILES string of the molecule is CCCC1CCC(NCC)C(CN2CC(C)C(C)C2)C1. The van der Waals surface area contributed by atoms with E-state index in [9.17, 15) is 0 Å².